The van der Waals surface area contributed by atoms with Crippen LogP contribution < -0.4 is 5.73 Å². The highest BCUT2D eigenvalue weighted by molar-refractivity contribution is 6.30. The summed E-state index contributed by atoms with van der Waals surface area (Å²) in [5.41, 5.74) is 6.25. The molecule has 1 aromatic rings. The molecule has 0 aliphatic rings. The summed E-state index contributed by atoms with van der Waals surface area (Å²) in [5, 5.41) is 8.94. The van der Waals surface area contributed by atoms with Crippen LogP contribution in [-0.4, -0.2) is 17.6 Å². The van der Waals surface area contributed by atoms with Gasteiger partial charge in [0.25, 0.3) is 0 Å². The van der Waals surface area contributed by atoms with Crippen LogP contribution in [0.5, 0.6) is 0 Å². The van der Waals surface area contributed by atoms with Crippen LogP contribution in [0.3, 0.4) is 0 Å². The van der Waals surface area contributed by atoms with Gasteiger partial charge in [-0.15, -0.1) is 0 Å². The highest BCUT2D eigenvalue weighted by atomic mass is 35.5. The highest BCUT2D eigenvalue weighted by Gasteiger charge is 2.21. The molecule has 0 saturated heterocycles. The van der Waals surface area contributed by atoms with E-state index in [2.05, 4.69) is 0 Å². The van der Waals surface area contributed by atoms with E-state index in [1.807, 2.05) is 13.8 Å². The lowest BCUT2D eigenvalue weighted by Gasteiger charge is -2.15. The molecule has 0 heterocycles. The van der Waals surface area contributed by atoms with Crippen molar-refractivity contribution in [3.63, 3.8) is 0 Å². The average Bonchev–Trinajstić information content (AvgIpc) is 2.22. The van der Waals surface area contributed by atoms with E-state index < -0.39 is 17.7 Å². The van der Waals surface area contributed by atoms with E-state index in [1.54, 1.807) is 0 Å². The molecule has 0 amide bonds. The van der Waals surface area contributed by atoms with E-state index in [4.69, 9.17) is 22.4 Å². The summed E-state index contributed by atoms with van der Waals surface area (Å²) in [4.78, 5) is 11.0. The van der Waals surface area contributed by atoms with Crippen LogP contribution in [-0.2, 0) is 4.79 Å². The molecule has 0 spiro atoms. The van der Waals surface area contributed by atoms with Crippen molar-refractivity contribution >= 4 is 17.6 Å². The van der Waals surface area contributed by atoms with Gasteiger partial charge >= 0.3 is 5.97 Å². The second-order valence-corrected chi connectivity index (χ2v) is 4.59. The Kier molecular flexibility index (Phi) is 4.48. The van der Waals surface area contributed by atoms with Crippen LogP contribution >= 0.6 is 11.6 Å². The predicted molar refractivity (Wildman–Crippen MR) is 64.9 cm³/mol. The van der Waals surface area contributed by atoms with Crippen molar-refractivity contribution in [1.82, 2.24) is 0 Å². The smallest absolute Gasteiger partial charge is 0.312 e. The maximum absolute atomic E-state index is 13.7. The molecule has 3 N–H and O–H groups in total. The number of carbonyl (C=O) groups is 1. The maximum Gasteiger partial charge on any atom is 0.312 e. The molecular weight excluding hydrogens is 245 g/mol. The van der Waals surface area contributed by atoms with Crippen LogP contribution in [0, 0.1) is 5.82 Å². The molecule has 5 heteroatoms. The third-order valence-electron chi connectivity index (χ3n) is 2.64. The van der Waals surface area contributed by atoms with Gasteiger partial charge in [0.05, 0.1) is 10.9 Å². The highest BCUT2D eigenvalue weighted by Crippen LogP contribution is 2.29. The summed E-state index contributed by atoms with van der Waals surface area (Å²) < 4.78 is 13.7. The Morgan fingerprint density at radius 2 is 2.12 bits per heavy atom. The number of benzene rings is 1. The molecular formula is C12H15ClFNO2. The summed E-state index contributed by atoms with van der Waals surface area (Å²) in [7, 11) is 0. The van der Waals surface area contributed by atoms with Crippen molar-refractivity contribution in [3.05, 3.63) is 34.1 Å². The fourth-order valence-corrected chi connectivity index (χ4v) is 1.87. The number of carboxylic acids is 1. The first kappa shape index (κ1) is 13.9. The summed E-state index contributed by atoms with van der Waals surface area (Å²) in [5.74, 6) is -2.46. The Bertz CT molecular complexity index is 435. The minimum atomic E-state index is -1.04. The van der Waals surface area contributed by atoms with Gasteiger partial charge in [-0.25, -0.2) is 4.39 Å². The molecule has 0 bridgehead atoms. The molecule has 0 saturated carbocycles. The van der Waals surface area contributed by atoms with E-state index in [0.717, 1.165) is 0 Å². The van der Waals surface area contributed by atoms with E-state index >= 15 is 0 Å². The summed E-state index contributed by atoms with van der Waals surface area (Å²) in [6.45, 7) is 3.59. The molecule has 94 valence electrons. The van der Waals surface area contributed by atoms with E-state index in [9.17, 15) is 9.18 Å². The number of nitrogens with two attached hydrogens (primary N) is 1. The monoisotopic (exact) mass is 259 g/mol. The molecule has 0 fully saturated rings. The van der Waals surface area contributed by atoms with Crippen molar-refractivity contribution in [2.24, 2.45) is 5.73 Å². The second kappa shape index (κ2) is 5.47. The molecule has 0 aliphatic heterocycles. The van der Waals surface area contributed by atoms with Crippen LogP contribution in [0.15, 0.2) is 12.1 Å². The van der Waals surface area contributed by atoms with Gasteiger partial charge in [-0.1, -0.05) is 31.5 Å². The molecule has 0 aromatic heterocycles. The average molecular weight is 260 g/mol. The van der Waals surface area contributed by atoms with Gasteiger partial charge in [0, 0.05) is 6.54 Å². The summed E-state index contributed by atoms with van der Waals surface area (Å²) in [6.07, 6.45) is 0. The Morgan fingerprint density at radius 3 is 2.53 bits per heavy atom. The zero-order valence-electron chi connectivity index (χ0n) is 9.71. The lowest BCUT2D eigenvalue weighted by molar-refractivity contribution is -0.138. The first-order valence-corrected chi connectivity index (χ1v) is 5.68. The molecule has 3 nitrogen and oxygen atoms in total. The number of aliphatic carboxylic acids is 1. The Labute approximate surface area is 104 Å². The van der Waals surface area contributed by atoms with Crippen molar-refractivity contribution in [1.29, 1.82) is 0 Å². The number of carboxylic acid groups (broad SMARTS) is 1. The number of hydrogen-bond donors (Lipinski definition) is 2. The van der Waals surface area contributed by atoms with Crippen molar-refractivity contribution in [3.8, 4) is 0 Å². The Hall–Kier alpha value is -1.13. The largest absolute Gasteiger partial charge is 0.481 e. The van der Waals surface area contributed by atoms with Crippen LogP contribution in [0.1, 0.15) is 36.8 Å². The van der Waals surface area contributed by atoms with Crippen LogP contribution in [0.25, 0.3) is 0 Å². The third kappa shape index (κ3) is 2.96. The molecule has 17 heavy (non-hydrogen) atoms. The maximum atomic E-state index is 13.7. The molecule has 0 radical (unpaired) electrons. The fraction of sp³-hybridized carbons (Fsp3) is 0.417. The molecule has 0 aliphatic carbocycles. The van der Waals surface area contributed by atoms with E-state index in [0.29, 0.717) is 11.1 Å². The normalized spacial score (nSPS) is 12.8. The standard InChI is InChI=1S/C12H15ClFNO2/c1-6(2)8-3-7(4-10(13)11(8)14)9(5-15)12(16)17/h3-4,6,9H,5,15H2,1-2H3,(H,16,17). The van der Waals surface area contributed by atoms with E-state index in [-0.39, 0.29) is 17.5 Å². The van der Waals surface area contributed by atoms with Gasteiger partial charge < -0.3 is 10.8 Å². The SMILES string of the molecule is CC(C)c1cc(C(CN)C(=O)O)cc(Cl)c1F. The molecule has 1 rings (SSSR count). The molecule has 1 atom stereocenters. The third-order valence-corrected chi connectivity index (χ3v) is 2.91. The minimum absolute atomic E-state index is 0.0468. The van der Waals surface area contributed by atoms with Gasteiger partial charge in [0.15, 0.2) is 0 Å². The van der Waals surface area contributed by atoms with E-state index in [1.165, 1.54) is 12.1 Å². The van der Waals surface area contributed by atoms with Gasteiger partial charge in [0.2, 0.25) is 0 Å². The lowest BCUT2D eigenvalue weighted by atomic mass is 9.93. The molecule has 1 aromatic carbocycles. The summed E-state index contributed by atoms with van der Waals surface area (Å²) in [6, 6.07) is 2.85. The number of hydrogen-bond acceptors (Lipinski definition) is 2. The Balaban J connectivity index is 3.31. The first-order chi connectivity index (χ1) is 7.88. The van der Waals surface area contributed by atoms with Gasteiger partial charge in [-0.05, 0) is 23.1 Å². The predicted octanol–water partition coefficient (Wildman–Crippen LogP) is 2.73. The second-order valence-electron chi connectivity index (χ2n) is 4.19. The summed E-state index contributed by atoms with van der Waals surface area (Å²) >= 11 is 5.76. The van der Waals surface area contributed by atoms with Crippen LogP contribution in [0.2, 0.25) is 5.02 Å². The first-order valence-electron chi connectivity index (χ1n) is 5.30. The zero-order chi connectivity index (χ0) is 13.2. The fourth-order valence-electron chi connectivity index (χ4n) is 1.63. The topological polar surface area (TPSA) is 63.3 Å². The lowest BCUT2D eigenvalue weighted by Crippen LogP contribution is -2.21. The van der Waals surface area contributed by atoms with Gasteiger partial charge in [-0.3, -0.25) is 4.79 Å². The van der Waals surface area contributed by atoms with Crippen LogP contribution in [0.4, 0.5) is 4.39 Å². The quantitative estimate of drug-likeness (QED) is 0.874. The number of halogens is 2. The van der Waals surface area contributed by atoms with Gasteiger partial charge in [-0.2, -0.15) is 0 Å². The zero-order valence-corrected chi connectivity index (χ0v) is 10.5. The van der Waals surface area contributed by atoms with Gasteiger partial charge in [0.1, 0.15) is 5.82 Å². The number of rotatable bonds is 4. The Morgan fingerprint density at radius 1 is 1.53 bits per heavy atom. The van der Waals surface area contributed by atoms with Crippen molar-refractivity contribution in [2.75, 3.05) is 6.54 Å². The van der Waals surface area contributed by atoms with Crippen molar-refractivity contribution in [2.45, 2.75) is 25.7 Å². The molecule has 1 unspecified atom stereocenters. The van der Waals surface area contributed by atoms with Crippen molar-refractivity contribution < 1.29 is 14.3 Å². The minimum Gasteiger partial charge on any atom is -0.481 e.